The third-order valence-electron chi connectivity index (χ3n) is 3.12. The minimum absolute atomic E-state index is 0.386. The molecule has 1 aliphatic heterocycles. The Labute approximate surface area is 75.9 Å². The summed E-state index contributed by atoms with van der Waals surface area (Å²) in [5, 5.41) is 3.41. The van der Waals surface area contributed by atoms with Crippen molar-refractivity contribution < 1.29 is 0 Å². The first-order valence-corrected chi connectivity index (χ1v) is 5.21. The fourth-order valence-corrected chi connectivity index (χ4v) is 2.49. The van der Waals surface area contributed by atoms with Crippen LogP contribution < -0.4 is 11.1 Å². The summed E-state index contributed by atoms with van der Waals surface area (Å²) in [5.41, 5.74) is 6.54. The number of nitrogens with two attached hydrogens (primary N) is 1. The van der Waals surface area contributed by atoms with Gasteiger partial charge in [0, 0.05) is 19.1 Å². The van der Waals surface area contributed by atoms with Crippen LogP contribution in [0.15, 0.2) is 0 Å². The van der Waals surface area contributed by atoms with Gasteiger partial charge in [0.15, 0.2) is 0 Å². The van der Waals surface area contributed by atoms with Gasteiger partial charge in [-0.1, -0.05) is 26.7 Å². The molecule has 0 aromatic heterocycles. The Morgan fingerprint density at radius 2 is 1.92 bits per heavy atom. The lowest BCUT2D eigenvalue weighted by atomic mass is 9.76. The largest absolute Gasteiger partial charge is 0.326 e. The highest BCUT2D eigenvalue weighted by molar-refractivity contribution is 4.97. The molecule has 0 saturated carbocycles. The Hall–Kier alpha value is -0.0800. The molecular formula is C10H22N2. The molecule has 0 bridgehead atoms. The first kappa shape index (κ1) is 10.0. The zero-order valence-corrected chi connectivity index (χ0v) is 8.40. The summed E-state index contributed by atoms with van der Waals surface area (Å²) in [6.45, 7) is 6.65. The van der Waals surface area contributed by atoms with E-state index in [-0.39, 0.29) is 0 Å². The third-order valence-corrected chi connectivity index (χ3v) is 3.12. The zero-order valence-electron chi connectivity index (χ0n) is 8.40. The van der Waals surface area contributed by atoms with Gasteiger partial charge in [-0.05, 0) is 18.3 Å². The van der Waals surface area contributed by atoms with Crippen LogP contribution in [0.1, 0.15) is 39.5 Å². The van der Waals surface area contributed by atoms with E-state index in [1.165, 1.54) is 25.7 Å². The van der Waals surface area contributed by atoms with Crippen molar-refractivity contribution >= 4 is 0 Å². The highest BCUT2D eigenvalue weighted by Gasteiger charge is 2.38. The minimum atomic E-state index is 0.386. The molecule has 0 aromatic rings. The van der Waals surface area contributed by atoms with Crippen LogP contribution >= 0.6 is 0 Å². The summed E-state index contributed by atoms with van der Waals surface area (Å²) in [7, 11) is 0. The van der Waals surface area contributed by atoms with Crippen molar-refractivity contribution in [2.45, 2.75) is 45.6 Å². The molecular weight excluding hydrogens is 148 g/mol. The monoisotopic (exact) mass is 170 g/mol. The summed E-state index contributed by atoms with van der Waals surface area (Å²) in [5.74, 6) is 0. The molecule has 72 valence electrons. The Balaban J connectivity index is 2.57. The molecule has 1 atom stereocenters. The van der Waals surface area contributed by atoms with E-state index in [2.05, 4.69) is 19.2 Å². The maximum absolute atomic E-state index is 6.12. The van der Waals surface area contributed by atoms with Crippen LogP contribution in [0, 0.1) is 5.41 Å². The lowest BCUT2D eigenvalue weighted by Gasteiger charge is -2.32. The van der Waals surface area contributed by atoms with Crippen molar-refractivity contribution in [3.8, 4) is 0 Å². The standard InChI is InChI=1S/C10H22N2/c1-3-5-10(6-4-2)8-12-7-9(10)11/h9,12H,3-8,11H2,1-2H3. The van der Waals surface area contributed by atoms with Gasteiger partial charge >= 0.3 is 0 Å². The summed E-state index contributed by atoms with van der Waals surface area (Å²) >= 11 is 0. The number of hydrogen-bond donors (Lipinski definition) is 2. The Bertz CT molecular complexity index is 128. The molecule has 1 saturated heterocycles. The molecule has 0 radical (unpaired) electrons. The molecule has 3 N–H and O–H groups in total. The van der Waals surface area contributed by atoms with Crippen molar-refractivity contribution in [3.63, 3.8) is 0 Å². The Morgan fingerprint density at radius 3 is 2.25 bits per heavy atom. The van der Waals surface area contributed by atoms with E-state index in [4.69, 9.17) is 5.73 Å². The third kappa shape index (κ3) is 1.80. The van der Waals surface area contributed by atoms with Crippen LogP contribution in [0.4, 0.5) is 0 Å². The quantitative estimate of drug-likeness (QED) is 0.671. The molecule has 0 aliphatic carbocycles. The normalized spacial score (nSPS) is 27.8. The average Bonchev–Trinajstić information content (AvgIpc) is 2.35. The summed E-state index contributed by atoms with van der Waals surface area (Å²) in [6, 6.07) is 0.386. The maximum atomic E-state index is 6.12. The summed E-state index contributed by atoms with van der Waals surface area (Å²) < 4.78 is 0. The fourth-order valence-electron chi connectivity index (χ4n) is 2.49. The smallest absolute Gasteiger partial charge is 0.0234 e. The number of hydrogen-bond acceptors (Lipinski definition) is 2. The van der Waals surface area contributed by atoms with E-state index >= 15 is 0 Å². The van der Waals surface area contributed by atoms with E-state index < -0.39 is 0 Å². The van der Waals surface area contributed by atoms with Gasteiger partial charge in [0.05, 0.1) is 0 Å². The molecule has 1 aliphatic rings. The highest BCUT2D eigenvalue weighted by Crippen LogP contribution is 2.34. The molecule has 1 fully saturated rings. The van der Waals surface area contributed by atoms with Crippen LogP contribution in [-0.4, -0.2) is 19.1 Å². The summed E-state index contributed by atoms with van der Waals surface area (Å²) in [6.07, 6.45) is 5.09. The lowest BCUT2D eigenvalue weighted by Crippen LogP contribution is -2.40. The van der Waals surface area contributed by atoms with Crippen molar-refractivity contribution in [1.29, 1.82) is 0 Å². The van der Waals surface area contributed by atoms with E-state index in [0.717, 1.165) is 13.1 Å². The van der Waals surface area contributed by atoms with Crippen LogP contribution in [0.3, 0.4) is 0 Å². The van der Waals surface area contributed by atoms with Gasteiger partial charge in [-0.15, -0.1) is 0 Å². The second-order valence-corrected chi connectivity index (χ2v) is 4.10. The average molecular weight is 170 g/mol. The first-order valence-electron chi connectivity index (χ1n) is 5.21. The van der Waals surface area contributed by atoms with E-state index in [0.29, 0.717) is 11.5 Å². The minimum Gasteiger partial charge on any atom is -0.326 e. The van der Waals surface area contributed by atoms with Crippen LogP contribution in [0.5, 0.6) is 0 Å². The molecule has 1 heterocycles. The molecule has 0 spiro atoms. The molecule has 2 nitrogen and oxygen atoms in total. The van der Waals surface area contributed by atoms with Gasteiger partial charge in [0.2, 0.25) is 0 Å². The number of rotatable bonds is 4. The van der Waals surface area contributed by atoms with Gasteiger partial charge in [0.1, 0.15) is 0 Å². The molecule has 0 aromatic carbocycles. The van der Waals surface area contributed by atoms with Gasteiger partial charge < -0.3 is 11.1 Å². The molecule has 1 rings (SSSR count). The van der Waals surface area contributed by atoms with E-state index in [9.17, 15) is 0 Å². The van der Waals surface area contributed by atoms with Crippen molar-refractivity contribution in [3.05, 3.63) is 0 Å². The van der Waals surface area contributed by atoms with Crippen molar-refractivity contribution in [2.75, 3.05) is 13.1 Å². The van der Waals surface area contributed by atoms with Crippen molar-refractivity contribution in [1.82, 2.24) is 5.32 Å². The van der Waals surface area contributed by atoms with Gasteiger partial charge in [-0.25, -0.2) is 0 Å². The summed E-state index contributed by atoms with van der Waals surface area (Å²) in [4.78, 5) is 0. The van der Waals surface area contributed by atoms with Gasteiger partial charge in [0.25, 0.3) is 0 Å². The van der Waals surface area contributed by atoms with Crippen LogP contribution in [0.2, 0.25) is 0 Å². The Morgan fingerprint density at radius 1 is 1.33 bits per heavy atom. The van der Waals surface area contributed by atoms with Crippen LogP contribution in [-0.2, 0) is 0 Å². The maximum Gasteiger partial charge on any atom is 0.0234 e. The second-order valence-electron chi connectivity index (χ2n) is 4.10. The SMILES string of the molecule is CCCC1(CCC)CNCC1N. The molecule has 1 unspecified atom stereocenters. The fraction of sp³-hybridized carbons (Fsp3) is 1.00. The van der Waals surface area contributed by atoms with Gasteiger partial charge in [-0.3, -0.25) is 0 Å². The van der Waals surface area contributed by atoms with E-state index in [1.54, 1.807) is 0 Å². The zero-order chi connectivity index (χ0) is 9.03. The predicted octanol–water partition coefficient (Wildman–Crippen LogP) is 1.50. The molecule has 0 amide bonds. The van der Waals surface area contributed by atoms with Gasteiger partial charge in [-0.2, -0.15) is 0 Å². The molecule has 2 heteroatoms. The topological polar surface area (TPSA) is 38.0 Å². The van der Waals surface area contributed by atoms with E-state index in [1.807, 2.05) is 0 Å². The second kappa shape index (κ2) is 4.24. The lowest BCUT2D eigenvalue weighted by molar-refractivity contribution is 0.234. The Kier molecular flexibility index (Phi) is 3.53. The number of nitrogens with one attached hydrogen (secondary N) is 1. The first-order chi connectivity index (χ1) is 5.75. The molecule has 12 heavy (non-hydrogen) atoms. The highest BCUT2D eigenvalue weighted by atomic mass is 15.0. The predicted molar refractivity (Wildman–Crippen MR) is 53.1 cm³/mol. The van der Waals surface area contributed by atoms with Crippen molar-refractivity contribution in [2.24, 2.45) is 11.1 Å². The van der Waals surface area contributed by atoms with Crippen LogP contribution in [0.25, 0.3) is 0 Å².